The maximum absolute atomic E-state index is 13.2. The molecule has 1 aliphatic heterocycles. The SMILES string of the molecule is CCCCCCCCCCCCCCC(C)(C(=O)O)n1c(=O)ccc2ccc(OCCCCN3CCN(c4cccc(Cl)c4Cl)CC3)cc21. The van der Waals surface area contributed by atoms with Crippen molar-refractivity contribution in [2.45, 2.75) is 116 Å². The fraction of sp³-hybridized carbons (Fsp3) is 0.600. The van der Waals surface area contributed by atoms with Crippen molar-refractivity contribution in [2.75, 3.05) is 44.2 Å². The minimum atomic E-state index is -1.34. The molecule has 0 radical (unpaired) electrons. The molecule has 1 unspecified atom stereocenters. The van der Waals surface area contributed by atoms with E-state index in [4.69, 9.17) is 27.9 Å². The Hall–Kier alpha value is -2.74. The number of nitrogens with zero attached hydrogens (tertiary/aromatic N) is 3. The van der Waals surface area contributed by atoms with Gasteiger partial charge in [0.25, 0.3) is 5.56 Å². The van der Waals surface area contributed by atoms with Crippen LogP contribution >= 0.6 is 23.2 Å². The molecule has 7 nitrogen and oxygen atoms in total. The van der Waals surface area contributed by atoms with Crippen molar-refractivity contribution >= 4 is 45.8 Å². The molecular formula is C40H57Cl2N3O4. The van der Waals surface area contributed by atoms with Gasteiger partial charge in [-0.3, -0.25) is 14.3 Å². The number of hydrogen-bond donors (Lipinski definition) is 1. The third-order valence-corrected chi connectivity index (χ3v) is 10.9. The molecule has 0 bridgehead atoms. The predicted molar refractivity (Wildman–Crippen MR) is 205 cm³/mol. The molecule has 1 saturated heterocycles. The molecule has 0 aliphatic carbocycles. The molecule has 49 heavy (non-hydrogen) atoms. The van der Waals surface area contributed by atoms with Crippen molar-refractivity contribution < 1.29 is 14.6 Å². The number of halogens is 2. The predicted octanol–water partition coefficient (Wildman–Crippen LogP) is 10.2. The van der Waals surface area contributed by atoms with Gasteiger partial charge in [0.15, 0.2) is 0 Å². The second-order valence-corrected chi connectivity index (χ2v) is 14.7. The van der Waals surface area contributed by atoms with Gasteiger partial charge in [0, 0.05) is 38.3 Å². The lowest BCUT2D eigenvalue weighted by atomic mass is 9.92. The first-order valence-corrected chi connectivity index (χ1v) is 19.4. The maximum Gasteiger partial charge on any atom is 0.329 e. The fourth-order valence-electron chi connectivity index (χ4n) is 7.01. The zero-order valence-electron chi connectivity index (χ0n) is 29.7. The second-order valence-electron chi connectivity index (χ2n) is 13.9. The van der Waals surface area contributed by atoms with E-state index in [1.165, 1.54) is 68.4 Å². The van der Waals surface area contributed by atoms with E-state index in [1.807, 2.05) is 36.4 Å². The number of anilines is 1. The number of rotatable bonds is 22. The van der Waals surface area contributed by atoms with E-state index >= 15 is 0 Å². The molecule has 1 fully saturated rings. The molecule has 0 spiro atoms. The third kappa shape index (κ3) is 11.4. The highest BCUT2D eigenvalue weighted by Crippen LogP contribution is 2.33. The summed E-state index contributed by atoms with van der Waals surface area (Å²) in [5.41, 5.74) is -0.0377. The van der Waals surface area contributed by atoms with Gasteiger partial charge in [0.05, 0.1) is 27.9 Å². The lowest BCUT2D eigenvalue weighted by Crippen LogP contribution is -2.46. The van der Waals surface area contributed by atoms with Gasteiger partial charge in [0.2, 0.25) is 0 Å². The van der Waals surface area contributed by atoms with Crippen molar-refractivity contribution in [1.29, 1.82) is 0 Å². The number of unbranched alkanes of at least 4 members (excludes halogenated alkanes) is 12. The van der Waals surface area contributed by atoms with Gasteiger partial charge in [-0.1, -0.05) is 113 Å². The summed E-state index contributed by atoms with van der Waals surface area (Å²) in [5.74, 6) is -0.329. The van der Waals surface area contributed by atoms with Crippen LogP contribution in [0.2, 0.25) is 10.0 Å². The lowest BCUT2D eigenvalue weighted by molar-refractivity contribution is -0.147. The number of benzene rings is 2. The summed E-state index contributed by atoms with van der Waals surface area (Å²) in [6.07, 6.45) is 16.9. The first kappa shape index (κ1) is 39.1. The molecule has 270 valence electrons. The molecular weight excluding hydrogens is 657 g/mol. The molecule has 0 saturated carbocycles. The molecule has 4 rings (SSSR count). The number of pyridine rings is 1. The number of piperazine rings is 1. The summed E-state index contributed by atoms with van der Waals surface area (Å²) in [7, 11) is 0. The average Bonchev–Trinajstić information content (AvgIpc) is 3.10. The molecule has 2 heterocycles. The summed E-state index contributed by atoms with van der Waals surface area (Å²) in [6.45, 7) is 9.23. The second kappa shape index (κ2) is 20.2. The van der Waals surface area contributed by atoms with Crippen molar-refractivity contribution in [3.63, 3.8) is 0 Å². The Bertz CT molecular complexity index is 1520. The molecule has 1 aromatic heterocycles. The monoisotopic (exact) mass is 713 g/mol. The zero-order chi connectivity index (χ0) is 35.1. The van der Waals surface area contributed by atoms with E-state index in [0.29, 0.717) is 34.3 Å². The summed E-state index contributed by atoms with van der Waals surface area (Å²) < 4.78 is 7.61. The topological polar surface area (TPSA) is 75.0 Å². The molecule has 1 atom stereocenters. The first-order valence-electron chi connectivity index (χ1n) is 18.7. The van der Waals surface area contributed by atoms with Gasteiger partial charge in [-0.05, 0) is 68.4 Å². The first-order chi connectivity index (χ1) is 23.7. The smallest absolute Gasteiger partial charge is 0.329 e. The summed E-state index contributed by atoms with van der Waals surface area (Å²) >= 11 is 12.6. The quantitative estimate of drug-likeness (QED) is 0.104. The number of carbonyl (C=O) groups is 1. The molecule has 9 heteroatoms. The number of fused-ring (bicyclic) bond motifs is 1. The minimum Gasteiger partial charge on any atom is -0.494 e. The Balaban J connectivity index is 1.23. The Morgan fingerprint density at radius 2 is 1.45 bits per heavy atom. The summed E-state index contributed by atoms with van der Waals surface area (Å²) in [4.78, 5) is 30.7. The standard InChI is InChI=1S/C40H57Cl2N3O4/c1-3-4-5-6-7-8-9-10-11-12-13-14-24-40(2,39(47)48)45-36-31-33(22-20-32(36)21-23-37(45)46)49-30-16-15-25-43-26-28-44(29-27-43)35-19-17-18-34(41)38(35)42/h17-23,31H,3-16,24-30H2,1-2H3,(H,47,48). The van der Waals surface area contributed by atoms with Crippen LogP contribution in [0.15, 0.2) is 53.3 Å². The minimum absolute atomic E-state index is 0.300. The van der Waals surface area contributed by atoms with Crippen LogP contribution in [-0.2, 0) is 10.3 Å². The molecule has 1 aliphatic rings. The molecule has 3 aromatic rings. The number of aromatic nitrogens is 1. The highest BCUT2D eigenvalue weighted by Gasteiger charge is 2.36. The third-order valence-electron chi connectivity index (χ3n) is 10.1. The molecule has 0 amide bonds. The van der Waals surface area contributed by atoms with E-state index in [-0.39, 0.29) is 5.56 Å². The Labute approximate surface area is 303 Å². The average molecular weight is 715 g/mol. The van der Waals surface area contributed by atoms with Crippen molar-refractivity contribution in [2.24, 2.45) is 0 Å². The van der Waals surface area contributed by atoms with E-state index < -0.39 is 11.5 Å². The van der Waals surface area contributed by atoms with E-state index in [2.05, 4.69) is 16.7 Å². The van der Waals surface area contributed by atoms with Gasteiger partial charge < -0.3 is 14.7 Å². The number of carboxylic acids is 1. The van der Waals surface area contributed by atoms with Crippen LogP contribution in [0.4, 0.5) is 5.69 Å². The summed E-state index contributed by atoms with van der Waals surface area (Å²) in [5, 5.41) is 12.4. The largest absolute Gasteiger partial charge is 0.494 e. The number of hydrogen-bond acceptors (Lipinski definition) is 5. The summed E-state index contributed by atoms with van der Waals surface area (Å²) in [6, 6.07) is 14.7. The van der Waals surface area contributed by atoms with E-state index in [0.717, 1.165) is 75.9 Å². The maximum atomic E-state index is 13.2. The van der Waals surface area contributed by atoms with Crippen LogP contribution < -0.4 is 15.2 Å². The van der Waals surface area contributed by atoms with Crippen LogP contribution in [-0.4, -0.2) is 59.9 Å². The van der Waals surface area contributed by atoms with Gasteiger partial charge in [0.1, 0.15) is 11.3 Å². The Morgan fingerprint density at radius 3 is 2.10 bits per heavy atom. The van der Waals surface area contributed by atoms with Crippen molar-refractivity contribution in [3.8, 4) is 5.75 Å². The number of ether oxygens (including phenoxy) is 1. The Morgan fingerprint density at radius 1 is 0.816 bits per heavy atom. The van der Waals surface area contributed by atoms with Crippen LogP contribution in [0, 0.1) is 0 Å². The van der Waals surface area contributed by atoms with E-state index in [9.17, 15) is 14.7 Å². The number of aliphatic carboxylic acids is 1. The van der Waals surface area contributed by atoms with Crippen LogP contribution in [0.3, 0.4) is 0 Å². The van der Waals surface area contributed by atoms with Gasteiger partial charge in [-0.2, -0.15) is 0 Å². The van der Waals surface area contributed by atoms with Gasteiger partial charge in [-0.15, -0.1) is 0 Å². The van der Waals surface area contributed by atoms with Crippen LogP contribution in [0.25, 0.3) is 10.9 Å². The molecule has 2 aromatic carbocycles. The van der Waals surface area contributed by atoms with Crippen molar-refractivity contribution in [1.82, 2.24) is 9.47 Å². The van der Waals surface area contributed by atoms with Crippen LogP contribution in [0.5, 0.6) is 5.75 Å². The van der Waals surface area contributed by atoms with Crippen molar-refractivity contribution in [3.05, 3.63) is 68.9 Å². The molecule has 1 N–H and O–H groups in total. The zero-order valence-corrected chi connectivity index (χ0v) is 31.2. The van der Waals surface area contributed by atoms with Crippen LogP contribution in [0.1, 0.15) is 110 Å². The highest BCUT2D eigenvalue weighted by molar-refractivity contribution is 6.43. The fourth-order valence-corrected chi connectivity index (χ4v) is 7.43. The normalized spacial score (nSPS) is 15.1. The van der Waals surface area contributed by atoms with Gasteiger partial charge in [-0.25, -0.2) is 4.79 Å². The van der Waals surface area contributed by atoms with Gasteiger partial charge >= 0.3 is 5.97 Å². The lowest BCUT2D eigenvalue weighted by Gasteiger charge is -2.36. The highest BCUT2D eigenvalue weighted by atomic mass is 35.5. The van der Waals surface area contributed by atoms with E-state index in [1.54, 1.807) is 13.0 Å². The number of carboxylic acid groups (broad SMARTS) is 1. The Kier molecular flexibility index (Phi) is 16.1.